The van der Waals surface area contributed by atoms with E-state index >= 15 is 0 Å². The van der Waals surface area contributed by atoms with Crippen LogP contribution in [0, 0.1) is 5.41 Å². The highest BCUT2D eigenvalue weighted by atomic mass is 15.3. The van der Waals surface area contributed by atoms with Crippen molar-refractivity contribution in [2.24, 2.45) is 18.3 Å². The fraction of sp³-hybridized carbons (Fsp3) is 0.750. The predicted octanol–water partition coefficient (Wildman–Crippen LogP) is 1.89. The second kappa shape index (κ2) is 4.55. The molecule has 0 bridgehead atoms. The lowest BCUT2D eigenvalue weighted by atomic mass is 9.69. The normalized spacial score (nSPS) is 21.9. The van der Waals surface area contributed by atoms with Gasteiger partial charge in [-0.25, -0.2) is 0 Å². The van der Waals surface area contributed by atoms with Gasteiger partial charge in [0.15, 0.2) is 0 Å². The van der Waals surface area contributed by atoms with E-state index < -0.39 is 0 Å². The molecule has 4 heteroatoms. The van der Waals surface area contributed by atoms with Crippen molar-refractivity contribution in [2.75, 3.05) is 0 Å². The van der Waals surface area contributed by atoms with Crippen LogP contribution in [-0.4, -0.2) is 9.78 Å². The number of aromatic nitrogens is 2. The van der Waals surface area contributed by atoms with Crippen molar-refractivity contribution in [1.82, 2.24) is 15.2 Å². The Labute approximate surface area is 97.2 Å². The van der Waals surface area contributed by atoms with E-state index in [0.29, 0.717) is 0 Å². The van der Waals surface area contributed by atoms with E-state index in [0.717, 1.165) is 0 Å². The minimum absolute atomic E-state index is 0.224. The maximum absolute atomic E-state index is 5.74. The van der Waals surface area contributed by atoms with Crippen LogP contribution in [0.25, 0.3) is 0 Å². The maximum Gasteiger partial charge on any atom is 0.0544 e. The Morgan fingerprint density at radius 1 is 1.44 bits per heavy atom. The van der Waals surface area contributed by atoms with Crippen LogP contribution in [0.2, 0.25) is 0 Å². The van der Waals surface area contributed by atoms with Crippen molar-refractivity contribution in [3.05, 3.63) is 18.0 Å². The summed E-state index contributed by atoms with van der Waals surface area (Å²) in [7, 11) is 1.94. The molecule has 1 aromatic rings. The molecule has 2 rings (SSSR count). The highest BCUT2D eigenvalue weighted by molar-refractivity contribution is 5.14. The minimum Gasteiger partial charge on any atom is -0.275 e. The van der Waals surface area contributed by atoms with Crippen molar-refractivity contribution in [3.63, 3.8) is 0 Å². The Morgan fingerprint density at radius 2 is 2.12 bits per heavy atom. The first kappa shape index (κ1) is 11.6. The van der Waals surface area contributed by atoms with Gasteiger partial charge in [-0.2, -0.15) is 5.10 Å². The molecule has 1 heterocycles. The standard InChI is InChI=1S/C12H22N4/c1-12(6-4-3-5-7-12)11(15-13)10-8-14-16(2)9-10/h8-9,11,15H,3-7,13H2,1-2H3. The fourth-order valence-corrected chi connectivity index (χ4v) is 2.94. The molecule has 1 aliphatic carbocycles. The van der Waals surface area contributed by atoms with Gasteiger partial charge in [0.05, 0.1) is 12.2 Å². The van der Waals surface area contributed by atoms with Gasteiger partial charge in [0.2, 0.25) is 0 Å². The molecule has 1 aromatic heterocycles. The lowest BCUT2D eigenvalue weighted by Crippen LogP contribution is -2.41. The van der Waals surface area contributed by atoms with E-state index in [-0.39, 0.29) is 11.5 Å². The third-order valence-corrected chi connectivity index (χ3v) is 3.92. The van der Waals surface area contributed by atoms with Crippen LogP contribution in [0.1, 0.15) is 50.6 Å². The number of aryl methyl sites for hydroxylation is 1. The van der Waals surface area contributed by atoms with Crippen molar-refractivity contribution in [2.45, 2.75) is 45.1 Å². The van der Waals surface area contributed by atoms with Gasteiger partial charge < -0.3 is 0 Å². The molecule has 0 spiro atoms. The molecule has 1 unspecified atom stereocenters. The largest absolute Gasteiger partial charge is 0.275 e. The smallest absolute Gasteiger partial charge is 0.0544 e. The first-order valence-corrected chi connectivity index (χ1v) is 6.10. The summed E-state index contributed by atoms with van der Waals surface area (Å²) in [6, 6.07) is 0.224. The minimum atomic E-state index is 0.224. The van der Waals surface area contributed by atoms with Crippen LogP contribution in [0.3, 0.4) is 0 Å². The number of hydrogen-bond donors (Lipinski definition) is 2. The fourth-order valence-electron chi connectivity index (χ4n) is 2.94. The van der Waals surface area contributed by atoms with Crippen LogP contribution in [-0.2, 0) is 7.05 Å². The highest BCUT2D eigenvalue weighted by Crippen LogP contribution is 2.45. The SMILES string of the molecule is Cn1cc(C(NN)C2(C)CCCCC2)cn1. The first-order valence-electron chi connectivity index (χ1n) is 6.10. The van der Waals surface area contributed by atoms with Crippen molar-refractivity contribution in [1.29, 1.82) is 0 Å². The Morgan fingerprint density at radius 3 is 2.62 bits per heavy atom. The number of hydrazine groups is 1. The van der Waals surface area contributed by atoms with Crippen molar-refractivity contribution < 1.29 is 0 Å². The molecule has 1 saturated carbocycles. The zero-order chi connectivity index (χ0) is 11.6. The molecule has 0 radical (unpaired) electrons. The maximum atomic E-state index is 5.74. The van der Waals surface area contributed by atoms with Gasteiger partial charge in [-0.15, -0.1) is 0 Å². The van der Waals surface area contributed by atoms with E-state index in [4.69, 9.17) is 5.84 Å². The van der Waals surface area contributed by atoms with E-state index in [2.05, 4.69) is 23.6 Å². The summed E-state index contributed by atoms with van der Waals surface area (Å²) in [6.45, 7) is 2.34. The number of hydrogen-bond acceptors (Lipinski definition) is 3. The van der Waals surface area contributed by atoms with Gasteiger partial charge in [-0.3, -0.25) is 16.0 Å². The van der Waals surface area contributed by atoms with Crippen molar-refractivity contribution in [3.8, 4) is 0 Å². The molecule has 16 heavy (non-hydrogen) atoms. The van der Waals surface area contributed by atoms with Gasteiger partial charge >= 0.3 is 0 Å². The van der Waals surface area contributed by atoms with E-state index in [1.807, 2.05) is 17.9 Å². The first-order chi connectivity index (χ1) is 7.65. The molecular weight excluding hydrogens is 200 g/mol. The molecule has 0 amide bonds. The molecule has 3 N–H and O–H groups in total. The average Bonchev–Trinajstić information content (AvgIpc) is 2.66. The molecule has 1 atom stereocenters. The Kier molecular flexibility index (Phi) is 3.30. The van der Waals surface area contributed by atoms with Gasteiger partial charge in [-0.05, 0) is 18.3 Å². The summed E-state index contributed by atoms with van der Waals surface area (Å²) in [5, 5.41) is 4.23. The second-order valence-corrected chi connectivity index (χ2v) is 5.26. The number of nitrogens with two attached hydrogens (primary N) is 1. The third-order valence-electron chi connectivity index (χ3n) is 3.92. The zero-order valence-electron chi connectivity index (χ0n) is 10.2. The Hall–Kier alpha value is -0.870. The van der Waals surface area contributed by atoms with Crippen LogP contribution >= 0.6 is 0 Å². The molecule has 0 aromatic carbocycles. The number of rotatable bonds is 3. The van der Waals surface area contributed by atoms with Gasteiger partial charge in [0.1, 0.15) is 0 Å². The number of nitrogens with zero attached hydrogens (tertiary/aromatic N) is 2. The highest BCUT2D eigenvalue weighted by Gasteiger charge is 2.36. The van der Waals surface area contributed by atoms with Gasteiger partial charge in [0, 0.05) is 18.8 Å². The molecule has 0 aliphatic heterocycles. The topological polar surface area (TPSA) is 55.9 Å². The second-order valence-electron chi connectivity index (χ2n) is 5.26. The molecular formula is C12H22N4. The summed E-state index contributed by atoms with van der Waals surface area (Å²) in [5.41, 5.74) is 4.47. The summed E-state index contributed by atoms with van der Waals surface area (Å²) in [5.74, 6) is 5.74. The Balaban J connectivity index is 2.20. The van der Waals surface area contributed by atoms with E-state index in [9.17, 15) is 0 Å². The van der Waals surface area contributed by atoms with E-state index in [1.165, 1.54) is 37.7 Å². The van der Waals surface area contributed by atoms with Crippen LogP contribution in [0.15, 0.2) is 12.4 Å². The lowest BCUT2D eigenvalue weighted by molar-refractivity contribution is 0.145. The van der Waals surface area contributed by atoms with E-state index in [1.54, 1.807) is 0 Å². The predicted molar refractivity (Wildman–Crippen MR) is 64.5 cm³/mol. The van der Waals surface area contributed by atoms with Crippen molar-refractivity contribution >= 4 is 0 Å². The van der Waals surface area contributed by atoms with Crippen LogP contribution < -0.4 is 11.3 Å². The average molecular weight is 222 g/mol. The summed E-state index contributed by atoms with van der Waals surface area (Å²) >= 11 is 0. The number of nitrogens with one attached hydrogen (secondary N) is 1. The molecule has 4 nitrogen and oxygen atoms in total. The zero-order valence-corrected chi connectivity index (χ0v) is 10.2. The van der Waals surface area contributed by atoms with Crippen LogP contribution in [0.5, 0.6) is 0 Å². The van der Waals surface area contributed by atoms with Gasteiger partial charge in [-0.1, -0.05) is 26.2 Å². The summed E-state index contributed by atoms with van der Waals surface area (Å²) in [6.07, 6.45) is 10.5. The molecule has 0 saturated heterocycles. The molecule has 1 aliphatic rings. The molecule has 90 valence electrons. The molecule has 1 fully saturated rings. The summed E-state index contributed by atoms with van der Waals surface area (Å²) < 4.78 is 1.84. The van der Waals surface area contributed by atoms with Gasteiger partial charge in [0.25, 0.3) is 0 Å². The summed E-state index contributed by atoms with van der Waals surface area (Å²) in [4.78, 5) is 0. The quantitative estimate of drug-likeness (QED) is 0.606. The monoisotopic (exact) mass is 222 g/mol. The Bertz CT molecular complexity index is 339. The lowest BCUT2D eigenvalue weighted by Gasteiger charge is -2.40. The third kappa shape index (κ3) is 2.13. The van der Waals surface area contributed by atoms with Crippen LogP contribution in [0.4, 0.5) is 0 Å².